The molecule has 2 aromatic rings. The maximum Gasteiger partial charge on any atom is 0.416 e. The molecule has 0 aliphatic carbocycles. The normalized spacial score (nSPS) is 11.0. The Balaban J connectivity index is 2.40. The van der Waals surface area contributed by atoms with E-state index in [0.29, 0.717) is 12.1 Å². The van der Waals surface area contributed by atoms with Crippen LogP contribution >= 0.6 is 0 Å². The molecule has 9 heteroatoms. The number of aromatic carboxylic acids is 1. The van der Waals surface area contributed by atoms with Crippen molar-refractivity contribution in [2.24, 2.45) is 0 Å². The van der Waals surface area contributed by atoms with E-state index in [-0.39, 0.29) is 11.7 Å². The number of nitrogens with one attached hydrogen (secondary N) is 1. The molecule has 6 nitrogen and oxygen atoms in total. The van der Waals surface area contributed by atoms with Crippen molar-refractivity contribution in [1.82, 2.24) is 4.98 Å². The number of amides is 1. The van der Waals surface area contributed by atoms with Gasteiger partial charge in [0, 0.05) is 6.07 Å². The summed E-state index contributed by atoms with van der Waals surface area (Å²) in [7, 11) is 1.35. The van der Waals surface area contributed by atoms with Gasteiger partial charge in [-0.25, -0.2) is 4.79 Å². The predicted molar refractivity (Wildman–Crippen MR) is 77.1 cm³/mol. The Bertz CT molecular complexity index is 791. The van der Waals surface area contributed by atoms with Crippen LogP contribution in [-0.2, 0) is 6.18 Å². The zero-order chi connectivity index (χ0) is 17.9. The third kappa shape index (κ3) is 3.80. The van der Waals surface area contributed by atoms with Gasteiger partial charge in [-0.1, -0.05) is 6.07 Å². The number of rotatable bonds is 4. The van der Waals surface area contributed by atoms with Crippen LogP contribution in [0.5, 0.6) is 5.88 Å². The molecule has 0 saturated heterocycles. The van der Waals surface area contributed by atoms with Crippen molar-refractivity contribution in [2.75, 3.05) is 12.4 Å². The summed E-state index contributed by atoms with van der Waals surface area (Å²) >= 11 is 0. The van der Waals surface area contributed by atoms with E-state index in [1.165, 1.54) is 25.3 Å². The molecule has 126 valence electrons. The Morgan fingerprint density at radius 2 is 1.88 bits per heavy atom. The van der Waals surface area contributed by atoms with Gasteiger partial charge in [0.1, 0.15) is 5.82 Å². The first kappa shape index (κ1) is 17.3. The standard InChI is InChI=1S/C15H11F3N2O4/c1-24-12-4-2-3-11(19-12)20-13(21)10-7-8(15(16,17)18)5-6-9(10)14(22)23/h2-7H,1H3,(H,22,23)(H,19,20,21). The predicted octanol–water partition coefficient (Wildman–Crippen LogP) is 3.06. The largest absolute Gasteiger partial charge is 0.481 e. The average molecular weight is 340 g/mol. The molecule has 0 aliphatic rings. The molecule has 24 heavy (non-hydrogen) atoms. The van der Waals surface area contributed by atoms with Crippen LogP contribution < -0.4 is 10.1 Å². The summed E-state index contributed by atoms with van der Waals surface area (Å²) in [5.74, 6) is -2.37. The van der Waals surface area contributed by atoms with E-state index in [1.807, 2.05) is 0 Å². The Hall–Kier alpha value is -3.10. The Labute approximate surface area is 133 Å². The number of carboxylic acid groups (broad SMARTS) is 1. The molecule has 0 bridgehead atoms. The highest BCUT2D eigenvalue weighted by Gasteiger charge is 2.32. The number of anilines is 1. The summed E-state index contributed by atoms with van der Waals surface area (Å²) in [6, 6.07) is 6.21. The molecule has 1 heterocycles. The van der Waals surface area contributed by atoms with Crippen LogP contribution in [0.4, 0.5) is 19.0 Å². The fraction of sp³-hybridized carbons (Fsp3) is 0.133. The van der Waals surface area contributed by atoms with Crippen LogP contribution in [0.3, 0.4) is 0 Å². The molecule has 1 aromatic carbocycles. The van der Waals surface area contributed by atoms with Crippen molar-refractivity contribution >= 4 is 17.7 Å². The highest BCUT2D eigenvalue weighted by Crippen LogP contribution is 2.31. The van der Waals surface area contributed by atoms with Gasteiger partial charge in [0.05, 0.1) is 23.8 Å². The molecule has 0 saturated carbocycles. The maximum atomic E-state index is 12.8. The number of benzene rings is 1. The fourth-order valence-electron chi connectivity index (χ4n) is 1.88. The minimum atomic E-state index is -4.71. The number of aromatic nitrogens is 1. The maximum absolute atomic E-state index is 12.8. The van der Waals surface area contributed by atoms with Crippen molar-refractivity contribution in [1.29, 1.82) is 0 Å². The molecular formula is C15H11F3N2O4. The first-order chi connectivity index (χ1) is 11.2. The lowest BCUT2D eigenvalue weighted by molar-refractivity contribution is -0.137. The number of carboxylic acids is 1. The molecule has 0 unspecified atom stereocenters. The smallest absolute Gasteiger partial charge is 0.416 e. The number of halogens is 3. The Morgan fingerprint density at radius 3 is 2.46 bits per heavy atom. The zero-order valence-corrected chi connectivity index (χ0v) is 12.2. The number of carbonyl (C=O) groups excluding carboxylic acids is 1. The summed E-state index contributed by atoms with van der Waals surface area (Å²) in [6.45, 7) is 0. The summed E-state index contributed by atoms with van der Waals surface area (Å²) in [4.78, 5) is 27.2. The molecule has 0 atom stereocenters. The van der Waals surface area contributed by atoms with Gasteiger partial charge in [-0.15, -0.1) is 0 Å². The van der Waals surface area contributed by atoms with E-state index in [9.17, 15) is 22.8 Å². The van der Waals surface area contributed by atoms with Gasteiger partial charge in [0.25, 0.3) is 5.91 Å². The number of alkyl halides is 3. The molecular weight excluding hydrogens is 329 g/mol. The van der Waals surface area contributed by atoms with Gasteiger partial charge in [0.15, 0.2) is 0 Å². The zero-order valence-electron chi connectivity index (χ0n) is 12.2. The number of nitrogens with zero attached hydrogens (tertiary/aromatic N) is 1. The van der Waals surface area contributed by atoms with Crippen molar-refractivity contribution in [3.8, 4) is 5.88 Å². The molecule has 1 aromatic heterocycles. The van der Waals surface area contributed by atoms with Crippen molar-refractivity contribution in [3.63, 3.8) is 0 Å². The summed E-state index contributed by atoms with van der Waals surface area (Å²) in [5.41, 5.74) is -2.30. The van der Waals surface area contributed by atoms with Crippen molar-refractivity contribution in [2.45, 2.75) is 6.18 Å². The van der Waals surface area contributed by atoms with Gasteiger partial charge in [-0.3, -0.25) is 4.79 Å². The third-order valence-corrected chi connectivity index (χ3v) is 3.00. The van der Waals surface area contributed by atoms with Gasteiger partial charge < -0.3 is 15.2 Å². The van der Waals surface area contributed by atoms with Crippen LogP contribution in [-0.4, -0.2) is 29.1 Å². The lowest BCUT2D eigenvalue weighted by atomic mass is 10.0. The van der Waals surface area contributed by atoms with E-state index in [0.717, 1.165) is 6.07 Å². The van der Waals surface area contributed by atoms with Crippen LogP contribution in [0.2, 0.25) is 0 Å². The van der Waals surface area contributed by atoms with Gasteiger partial charge >= 0.3 is 12.1 Å². The number of methoxy groups -OCH3 is 1. The number of carbonyl (C=O) groups is 2. The summed E-state index contributed by atoms with van der Waals surface area (Å²) < 4.78 is 43.2. The minimum Gasteiger partial charge on any atom is -0.481 e. The number of hydrogen-bond donors (Lipinski definition) is 2. The topological polar surface area (TPSA) is 88.5 Å². The van der Waals surface area contributed by atoms with Crippen LogP contribution in [0, 0.1) is 0 Å². The first-order valence-corrected chi connectivity index (χ1v) is 6.49. The highest BCUT2D eigenvalue weighted by atomic mass is 19.4. The van der Waals surface area contributed by atoms with E-state index >= 15 is 0 Å². The molecule has 2 N–H and O–H groups in total. The Kier molecular flexibility index (Phi) is 4.72. The lowest BCUT2D eigenvalue weighted by Crippen LogP contribution is -2.19. The van der Waals surface area contributed by atoms with E-state index in [4.69, 9.17) is 9.84 Å². The van der Waals surface area contributed by atoms with Crippen LogP contribution in [0.25, 0.3) is 0 Å². The van der Waals surface area contributed by atoms with E-state index < -0.39 is 34.7 Å². The highest BCUT2D eigenvalue weighted by molar-refractivity contribution is 6.10. The molecule has 0 aliphatic heterocycles. The summed E-state index contributed by atoms with van der Waals surface area (Å²) in [5, 5.41) is 11.3. The average Bonchev–Trinajstić information content (AvgIpc) is 2.53. The number of ether oxygens (including phenoxy) is 1. The first-order valence-electron chi connectivity index (χ1n) is 6.49. The minimum absolute atomic E-state index is 0.00750. The molecule has 2 rings (SSSR count). The lowest BCUT2D eigenvalue weighted by Gasteiger charge is -2.12. The van der Waals surface area contributed by atoms with Crippen LogP contribution in [0.1, 0.15) is 26.3 Å². The second-order valence-corrected chi connectivity index (χ2v) is 4.58. The summed E-state index contributed by atoms with van der Waals surface area (Å²) in [6.07, 6.45) is -4.71. The number of pyridine rings is 1. The van der Waals surface area contributed by atoms with Gasteiger partial charge in [-0.2, -0.15) is 18.2 Å². The van der Waals surface area contributed by atoms with Crippen molar-refractivity contribution < 1.29 is 32.6 Å². The molecule has 1 amide bonds. The second-order valence-electron chi connectivity index (χ2n) is 4.58. The SMILES string of the molecule is COc1cccc(NC(=O)c2cc(C(F)(F)F)ccc2C(=O)O)n1. The fourth-order valence-corrected chi connectivity index (χ4v) is 1.88. The quantitative estimate of drug-likeness (QED) is 0.893. The monoisotopic (exact) mass is 340 g/mol. The van der Waals surface area contributed by atoms with E-state index in [2.05, 4.69) is 10.3 Å². The second kappa shape index (κ2) is 6.57. The molecule has 0 radical (unpaired) electrons. The molecule has 0 spiro atoms. The van der Waals surface area contributed by atoms with Gasteiger partial charge in [0.2, 0.25) is 5.88 Å². The van der Waals surface area contributed by atoms with Crippen LogP contribution in [0.15, 0.2) is 36.4 Å². The third-order valence-electron chi connectivity index (χ3n) is 3.00. The van der Waals surface area contributed by atoms with Crippen molar-refractivity contribution in [3.05, 3.63) is 53.1 Å². The molecule has 0 fully saturated rings. The van der Waals surface area contributed by atoms with E-state index in [1.54, 1.807) is 0 Å². The Morgan fingerprint density at radius 1 is 1.17 bits per heavy atom. The number of hydrogen-bond acceptors (Lipinski definition) is 4. The van der Waals surface area contributed by atoms with Gasteiger partial charge in [-0.05, 0) is 24.3 Å².